The summed E-state index contributed by atoms with van der Waals surface area (Å²) in [6, 6.07) is 11.4. The molecule has 11 heteroatoms. The molecule has 0 aromatic heterocycles. The van der Waals surface area contributed by atoms with Gasteiger partial charge in [0.25, 0.3) is 5.91 Å². The highest BCUT2D eigenvalue weighted by Crippen LogP contribution is 2.50. The Morgan fingerprint density at radius 3 is 2.62 bits per heavy atom. The molecule has 1 fully saturated rings. The normalized spacial score (nSPS) is 31.2. The van der Waals surface area contributed by atoms with E-state index in [2.05, 4.69) is 21.8 Å². The number of rotatable bonds is 5. The van der Waals surface area contributed by atoms with Crippen molar-refractivity contribution in [3.63, 3.8) is 0 Å². The van der Waals surface area contributed by atoms with Gasteiger partial charge in [-0.05, 0) is 119 Å². The monoisotopic (exact) mass is 725 g/mol. The van der Waals surface area contributed by atoms with Gasteiger partial charge in [0.2, 0.25) is 15.9 Å². The fourth-order valence-electron chi connectivity index (χ4n) is 8.76. The van der Waals surface area contributed by atoms with E-state index in [0.29, 0.717) is 45.0 Å². The zero-order valence-corrected chi connectivity index (χ0v) is 31.6. The van der Waals surface area contributed by atoms with Crippen molar-refractivity contribution in [1.29, 1.82) is 0 Å². The van der Waals surface area contributed by atoms with Crippen LogP contribution in [0, 0.1) is 17.8 Å². The Morgan fingerprint density at radius 1 is 1.14 bits per heavy atom. The Kier molecular flexibility index (Phi) is 10.6. The number of hydrogen-bond acceptors (Lipinski definition) is 7. The minimum Gasteiger partial charge on any atom is -0.490 e. The quantitative estimate of drug-likeness (QED) is 0.350. The number of anilines is 1. The van der Waals surface area contributed by atoms with Crippen molar-refractivity contribution >= 4 is 39.1 Å². The first-order valence-corrected chi connectivity index (χ1v) is 20.1. The molecule has 2 bridgehead atoms. The predicted molar refractivity (Wildman–Crippen MR) is 197 cm³/mol. The van der Waals surface area contributed by atoms with E-state index in [1.54, 1.807) is 32.2 Å². The minimum atomic E-state index is -4.00. The summed E-state index contributed by atoms with van der Waals surface area (Å²) in [6.45, 7) is 10.5. The lowest BCUT2D eigenvalue weighted by molar-refractivity contribution is -0.142. The van der Waals surface area contributed by atoms with Crippen molar-refractivity contribution in [2.45, 2.75) is 88.9 Å². The zero-order chi connectivity index (χ0) is 35.8. The van der Waals surface area contributed by atoms with Crippen molar-refractivity contribution < 1.29 is 27.5 Å². The van der Waals surface area contributed by atoms with Gasteiger partial charge in [-0.1, -0.05) is 36.7 Å². The first-order valence-electron chi connectivity index (χ1n) is 18.2. The van der Waals surface area contributed by atoms with Crippen molar-refractivity contribution in [2.75, 3.05) is 44.8 Å². The summed E-state index contributed by atoms with van der Waals surface area (Å²) in [7, 11) is -2.30. The fraction of sp³-hybridized carbons (Fsp3) is 0.590. The highest BCUT2D eigenvalue weighted by atomic mass is 35.5. The maximum absolute atomic E-state index is 13.7. The molecule has 6 rings (SSSR count). The molecule has 2 aliphatic carbocycles. The number of nitrogens with zero attached hydrogens (tertiary/aromatic N) is 2. The average Bonchev–Trinajstić information content (AvgIpc) is 3.22. The molecular weight excluding hydrogens is 674 g/mol. The third kappa shape index (κ3) is 6.92. The molecule has 6 atom stereocenters. The molecule has 2 heterocycles. The number of ether oxygens (including phenoxy) is 2. The molecule has 272 valence electrons. The average molecular weight is 726 g/mol. The largest absolute Gasteiger partial charge is 0.490 e. The summed E-state index contributed by atoms with van der Waals surface area (Å²) in [6.07, 6.45) is 9.45. The van der Waals surface area contributed by atoms with Crippen LogP contribution < -0.4 is 14.4 Å². The van der Waals surface area contributed by atoms with Gasteiger partial charge in [-0.2, -0.15) is 0 Å². The summed E-state index contributed by atoms with van der Waals surface area (Å²) >= 11 is 6.46. The second-order valence-corrected chi connectivity index (χ2v) is 17.4. The zero-order valence-electron chi connectivity index (χ0n) is 30.0. The van der Waals surface area contributed by atoms with Crippen molar-refractivity contribution in [3.8, 4) is 5.75 Å². The second-order valence-electron chi connectivity index (χ2n) is 14.9. The maximum Gasteiger partial charge on any atom is 0.264 e. The van der Waals surface area contributed by atoms with E-state index in [9.17, 15) is 18.0 Å². The Hall–Kier alpha value is -3.08. The van der Waals surface area contributed by atoms with E-state index >= 15 is 0 Å². The number of allylic oxidation sites excluding steroid dienone is 1. The number of carbonyl (C=O) groups excluding carboxylic acids is 2. The Morgan fingerprint density at radius 2 is 1.92 bits per heavy atom. The molecule has 2 aromatic rings. The van der Waals surface area contributed by atoms with E-state index in [4.69, 9.17) is 21.1 Å². The number of nitrogens with one attached hydrogen (secondary N) is 1. The molecule has 0 unspecified atom stereocenters. The first-order chi connectivity index (χ1) is 23.8. The Labute approximate surface area is 302 Å². The SMILES string of the molecule is CCN(CC)C(=O)C[C@]1(OC)/C=C\C[C@H](C)[C@@H](C)S(=O)(=O)NC(=O)c2ccc3c(c2)N(C[C@@H]2CC[C@H]21)C[C@@]1(CCCc2cc(Cl)ccc21)CO3. The molecule has 9 nitrogen and oxygen atoms in total. The number of carbonyl (C=O) groups is 2. The molecular formula is C39H52ClN3O6S. The molecule has 0 radical (unpaired) electrons. The Bertz CT molecular complexity index is 1740. The minimum absolute atomic E-state index is 0.0443. The van der Waals surface area contributed by atoms with Crippen LogP contribution >= 0.6 is 11.6 Å². The predicted octanol–water partition coefficient (Wildman–Crippen LogP) is 6.53. The second kappa shape index (κ2) is 14.5. The van der Waals surface area contributed by atoms with Gasteiger partial charge in [0, 0.05) is 49.3 Å². The van der Waals surface area contributed by atoms with Crippen LogP contribution in [0.25, 0.3) is 0 Å². The van der Waals surface area contributed by atoms with Gasteiger partial charge in [0.15, 0.2) is 0 Å². The van der Waals surface area contributed by atoms with Crippen molar-refractivity contribution in [3.05, 3.63) is 70.3 Å². The fourth-order valence-corrected chi connectivity index (χ4v) is 10.2. The maximum atomic E-state index is 13.7. The molecule has 4 aliphatic rings. The summed E-state index contributed by atoms with van der Waals surface area (Å²) in [4.78, 5) is 31.5. The topological polar surface area (TPSA) is 105 Å². The summed E-state index contributed by atoms with van der Waals surface area (Å²) < 4.78 is 42.4. The van der Waals surface area contributed by atoms with Crippen LogP contribution in [0.3, 0.4) is 0 Å². The Balaban J connectivity index is 1.46. The molecule has 1 saturated carbocycles. The molecule has 0 saturated heterocycles. The number of aryl methyl sites for hydroxylation is 1. The lowest BCUT2D eigenvalue weighted by Gasteiger charge is -2.50. The highest BCUT2D eigenvalue weighted by molar-refractivity contribution is 7.90. The number of amides is 2. The summed E-state index contributed by atoms with van der Waals surface area (Å²) in [5.41, 5.74) is 2.34. The van der Waals surface area contributed by atoms with E-state index < -0.39 is 26.8 Å². The van der Waals surface area contributed by atoms with Crippen LogP contribution in [0.1, 0.15) is 87.7 Å². The van der Waals surface area contributed by atoms with Crippen molar-refractivity contribution in [1.82, 2.24) is 9.62 Å². The third-order valence-corrected chi connectivity index (χ3v) is 14.3. The van der Waals surface area contributed by atoms with E-state index in [1.807, 2.05) is 43.9 Å². The molecule has 2 amide bonds. The van der Waals surface area contributed by atoms with Crippen molar-refractivity contribution in [2.24, 2.45) is 17.8 Å². The molecule has 1 spiro atoms. The number of benzene rings is 2. The molecule has 2 aromatic carbocycles. The number of fused-ring (bicyclic) bond motifs is 4. The van der Waals surface area contributed by atoms with E-state index in [-0.39, 0.29) is 41.1 Å². The number of halogens is 1. The molecule has 2 aliphatic heterocycles. The van der Waals surface area contributed by atoms with Crippen LogP contribution in [0.15, 0.2) is 48.6 Å². The number of methoxy groups -OCH3 is 1. The highest BCUT2D eigenvalue weighted by Gasteiger charge is 2.50. The van der Waals surface area contributed by atoms with Gasteiger partial charge in [0.1, 0.15) is 5.75 Å². The smallest absolute Gasteiger partial charge is 0.264 e. The van der Waals surface area contributed by atoms with Gasteiger partial charge in [-0.25, -0.2) is 13.1 Å². The van der Waals surface area contributed by atoms with Gasteiger partial charge < -0.3 is 19.3 Å². The van der Waals surface area contributed by atoms with Crippen LogP contribution in [0.2, 0.25) is 5.02 Å². The van der Waals surface area contributed by atoms with Crippen LogP contribution in [0.5, 0.6) is 5.75 Å². The van der Waals surface area contributed by atoms with Crippen LogP contribution in [0.4, 0.5) is 5.69 Å². The lowest BCUT2D eigenvalue weighted by Crippen LogP contribution is -2.54. The van der Waals surface area contributed by atoms with Gasteiger partial charge in [0.05, 0.1) is 29.6 Å². The first kappa shape index (κ1) is 36.7. The van der Waals surface area contributed by atoms with Gasteiger partial charge >= 0.3 is 0 Å². The van der Waals surface area contributed by atoms with Crippen LogP contribution in [-0.2, 0) is 31.4 Å². The summed E-state index contributed by atoms with van der Waals surface area (Å²) in [5.74, 6) is 0.0115. The lowest BCUT2D eigenvalue weighted by atomic mass is 9.62. The third-order valence-electron chi connectivity index (χ3n) is 12.2. The standard InChI is InChI=1S/C39H52ClN3O6S/c1-6-42(7-2)36(44)22-39(48-5)19-8-10-26(3)27(4)50(46,47)41-37(45)29-13-17-35-34(21-29)43(23-30-12-15-33(30)39)24-38(25-49-35)18-9-11-28-20-31(40)14-16-32(28)38/h8,13-14,16-17,19-21,26-27,30,33H,6-7,9-12,15,18,22-25H2,1-5H3,(H,41,45)/b19-8-/t26-,27+,30-,33+,38-,39+/m0/s1. The van der Waals surface area contributed by atoms with E-state index in [1.165, 1.54) is 11.1 Å². The number of sulfonamides is 1. The van der Waals surface area contributed by atoms with Gasteiger partial charge in [-0.15, -0.1) is 0 Å². The number of hydrogen-bond donors (Lipinski definition) is 1. The van der Waals surface area contributed by atoms with Crippen LogP contribution in [-0.4, -0.2) is 75.9 Å². The van der Waals surface area contributed by atoms with E-state index in [0.717, 1.165) is 42.8 Å². The van der Waals surface area contributed by atoms with Gasteiger partial charge in [-0.3, -0.25) is 9.59 Å². The molecule has 50 heavy (non-hydrogen) atoms. The summed E-state index contributed by atoms with van der Waals surface area (Å²) in [5, 5.41) is -0.117. The molecule has 1 N–H and O–H groups in total.